The number of nitrogens with one attached hydrogen (secondary N) is 2. The molecule has 2 N–H and O–H groups in total. The molecule has 144 valence electrons. The van der Waals surface area contributed by atoms with E-state index in [0.29, 0.717) is 5.75 Å². The van der Waals surface area contributed by atoms with Crippen LogP contribution in [0.1, 0.15) is 12.5 Å². The van der Waals surface area contributed by atoms with E-state index in [1.165, 1.54) is 13.0 Å². The molecule has 2 amide bonds. The Morgan fingerprint density at radius 1 is 1.23 bits per heavy atom. The van der Waals surface area contributed by atoms with Crippen molar-refractivity contribution in [2.75, 3.05) is 26.9 Å². The summed E-state index contributed by atoms with van der Waals surface area (Å²) in [6, 6.07) is 6.17. The Morgan fingerprint density at radius 2 is 1.88 bits per heavy atom. The molecule has 6 nitrogen and oxygen atoms in total. The van der Waals surface area contributed by atoms with Crippen LogP contribution < -0.4 is 15.4 Å². The predicted octanol–water partition coefficient (Wildman–Crippen LogP) is 1.91. The third kappa shape index (κ3) is 9.07. The fourth-order valence-electron chi connectivity index (χ4n) is 1.80. The summed E-state index contributed by atoms with van der Waals surface area (Å²) in [6.07, 6.45) is -1.55. The van der Waals surface area contributed by atoms with Crippen molar-refractivity contribution in [2.24, 2.45) is 0 Å². The summed E-state index contributed by atoms with van der Waals surface area (Å²) >= 11 is 0. The number of rotatable bonds is 9. The zero-order valence-corrected chi connectivity index (χ0v) is 14.4. The molecule has 0 aliphatic heterocycles. The molecular weight excluding hydrogens is 353 g/mol. The first-order valence-electron chi connectivity index (χ1n) is 7.76. The van der Waals surface area contributed by atoms with Gasteiger partial charge in [0.25, 0.3) is 0 Å². The molecule has 0 radical (unpaired) electrons. The molecule has 0 fully saturated rings. The largest absolute Gasteiger partial charge is 0.497 e. The van der Waals surface area contributed by atoms with Crippen molar-refractivity contribution >= 4 is 17.9 Å². The second-order valence-corrected chi connectivity index (χ2v) is 5.30. The van der Waals surface area contributed by atoms with Crippen LogP contribution in [0.2, 0.25) is 0 Å². The molecule has 0 aliphatic carbocycles. The SMILES string of the molecule is COc1ccc(/C=C/C(=O)NC(C)C(=O)NCCOCC(F)(F)F)cc1. The topological polar surface area (TPSA) is 76.7 Å². The van der Waals surface area contributed by atoms with Crippen molar-refractivity contribution in [3.8, 4) is 5.75 Å². The van der Waals surface area contributed by atoms with E-state index in [9.17, 15) is 22.8 Å². The van der Waals surface area contributed by atoms with Crippen molar-refractivity contribution < 1.29 is 32.2 Å². The zero-order chi connectivity index (χ0) is 19.6. The lowest BCUT2D eigenvalue weighted by Crippen LogP contribution is -2.45. The Kier molecular flexibility index (Phi) is 8.63. The van der Waals surface area contributed by atoms with Gasteiger partial charge in [0.05, 0.1) is 13.7 Å². The molecule has 1 aromatic rings. The molecular formula is C17H21F3N2O4. The van der Waals surface area contributed by atoms with Crippen molar-refractivity contribution in [3.05, 3.63) is 35.9 Å². The molecule has 0 spiro atoms. The van der Waals surface area contributed by atoms with Crippen LogP contribution in [-0.4, -0.2) is 50.9 Å². The minimum Gasteiger partial charge on any atom is -0.497 e. The van der Waals surface area contributed by atoms with Crippen molar-refractivity contribution in [2.45, 2.75) is 19.1 Å². The van der Waals surface area contributed by atoms with E-state index in [0.717, 1.165) is 5.56 Å². The summed E-state index contributed by atoms with van der Waals surface area (Å²) in [7, 11) is 1.55. The van der Waals surface area contributed by atoms with Gasteiger partial charge in [-0.1, -0.05) is 12.1 Å². The van der Waals surface area contributed by atoms with Crippen LogP contribution in [0.3, 0.4) is 0 Å². The van der Waals surface area contributed by atoms with Crippen LogP contribution >= 0.6 is 0 Å². The second-order valence-electron chi connectivity index (χ2n) is 5.30. The van der Waals surface area contributed by atoms with E-state index in [-0.39, 0.29) is 13.2 Å². The third-order valence-electron chi connectivity index (χ3n) is 3.11. The van der Waals surface area contributed by atoms with Gasteiger partial charge in [0.15, 0.2) is 0 Å². The summed E-state index contributed by atoms with van der Waals surface area (Å²) in [5, 5.41) is 4.83. The number of amides is 2. The van der Waals surface area contributed by atoms with Gasteiger partial charge < -0.3 is 20.1 Å². The van der Waals surface area contributed by atoms with Crippen LogP contribution in [0.15, 0.2) is 30.3 Å². The normalized spacial score (nSPS) is 12.7. The zero-order valence-electron chi connectivity index (χ0n) is 14.4. The highest BCUT2D eigenvalue weighted by Gasteiger charge is 2.27. The fraction of sp³-hybridized carbons (Fsp3) is 0.412. The minimum absolute atomic E-state index is 0.0865. The monoisotopic (exact) mass is 374 g/mol. The Labute approximate surface area is 149 Å². The summed E-state index contributed by atoms with van der Waals surface area (Å²) in [4.78, 5) is 23.5. The molecule has 0 bridgehead atoms. The summed E-state index contributed by atoms with van der Waals surface area (Å²) in [6.45, 7) is -0.267. The maximum Gasteiger partial charge on any atom is 0.411 e. The average Bonchev–Trinajstić information content (AvgIpc) is 2.58. The Balaban J connectivity index is 2.31. The smallest absolute Gasteiger partial charge is 0.411 e. The van der Waals surface area contributed by atoms with Gasteiger partial charge in [-0.05, 0) is 30.7 Å². The second kappa shape index (κ2) is 10.4. The molecule has 0 saturated carbocycles. The van der Waals surface area contributed by atoms with Gasteiger partial charge in [0.2, 0.25) is 11.8 Å². The molecule has 26 heavy (non-hydrogen) atoms. The summed E-state index contributed by atoms with van der Waals surface area (Å²) < 4.78 is 45.0. The molecule has 0 heterocycles. The molecule has 0 aromatic heterocycles. The average molecular weight is 374 g/mol. The maximum absolute atomic E-state index is 11.9. The van der Waals surface area contributed by atoms with Gasteiger partial charge in [-0.25, -0.2) is 0 Å². The number of methoxy groups -OCH3 is 1. The van der Waals surface area contributed by atoms with Gasteiger partial charge in [0.1, 0.15) is 18.4 Å². The predicted molar refractivity (Wildman–Crippen MR) is 89.5 cm³/mol. The van der Waals surface area contributed by atoms with Gasteiger partial charge in [0, 0.05) is 12.6 Å². The summed E-state index contributed by atoms with van der Waals surface area (Å²) in [5.74, 6) is -0.306. The standard InChI is InChI=1S/C17H21F3N2O4/c1-12(16(24)21-9-10-26-11-17(18,19)20)22-15(23)8-5-13-3-6-14(25-2)7-4-13/h3-8,12H,9-11H2,1-2H3,(H,21,24)(H,22,23)/b8-5+. The molecule has 1 atom stereocenters. The highest BCUT2D eigenvalue weighted by Crippen LogP contribution is 2.14. The van der Waals surface area contributed by atoms with Crippen LogP contribution in [0.4, 0.5) is 13.2 Å². The van der Waals surface area contributed by atoms with E-state index in [2.05, 4.69) is 15.4 Å². The summed E-state index contributed by atoms with van der Waals surface area (Å²) in [5.41, 5.74) is 0.778. The third-order valence-corrected chi connectivity index (χ3v) is 3.11. The number of hydrogen-bond acceptors (Lipinski definition) is 4. The lowest BCUT2D eigenvalue weighted by Gasteiger charge is -2.13. The number of alkyl halides is 3. The lowest BCUT2D eigenvalue weighted by molar-refractivity contribution is -0.173. The number of ether oxygens (including phenoxy) is 2. The van der Waals surface area contributed by atoms with E-state index < -0.39 is 30.6 Å². The van der Waals surface area contributed by atoms with Crippen molar-refractivity contribution in [3.63, 3.8) is 0 Å². The molecule has 1 aromatic carbocycles. The lowest BCUT2D eigenvalue weighted by atomic mass is 10.2. The van der Waals surface area contributed by atoms with Crippen LogP contribution in [0.5, 0.6) is 5.75 Å². The van der Waals surface area contributed by atoms with Crippen LogP contribution in [0.25, 0.3) is 6.08 Å². The quantitative estimate of drug-likeness (QED) is 0.511. The fourth-order valence-corrected chi connectivity index (χ4v) is 1.80. The maximum atomic E-state index is 11.9. The molecule has 1 rings (SSSR count). The number of halogens is 3. The van der Waals surface area contributed by atoms with Gasteiger partial charge in [-0.3, -0.25) is 9.59 Å². The van der Waals surface area contributed by atoms with Gasteiger partial charge >= 0.3 is 6.18 Å². The van der Waals surface area contributed by atoms with Crippen molar-refractivity contribution in [1.82, 2.24) is 10.6 Å². The molecule has 0 aliphatic rings. The van der Waals surface area contributed by atoms with E-state index in [4.69, 9.17) is 4.74 Å². The Hall–Kier alpha value is -2.55. The number of carbonyl (C=O) groups excluding carboxylic acids is 2. The van der Waals surface area contributed by atoms with E-state index >= 15 is 0 Å². The molecule has 9 heteroatoms. The first-order chi connectivity index (χ1) is 12.2. The molecule has 1 unspecified atom stereocenters. The first-order valence-corrected chi connectivity index (χ1v) is 7.76. The first kappa shape index (κ1) is 21.5. The highest BCUT2D eigenvalue weighted by molar-refractivity contribution is 5.95. The van der Waals surface area contributed by atoms with Gasteiger partial charge in [-0.2, -0.15) is 13.2 Å². The number of hydrogen-bond donors (Lipinski definition) is 2. The van der Waals surface area contributed by atoms with E-state index in [1.54, 1.807) is 37.5 Å². The minimum atomic E-state index is -4.40. The Bertz CT molecular complexity index is 615. The van der Waals surface area contributed by atoms with Gasteiger partial charge in [-0.15, -0.1) is 0 Å². The van der Waals surface area contributed by atoms with Crippen LogP contribution in [-0.2, 0) is 14.3 Å². The number of benzene rings is 1. The number of carbonyl (C=O) groups is 2. The molecule has 0 saturated heterocycles. The van der Waals surface area contributed by atoms with Crippen molar-refractivity contribution in [1.29, 1.82) is 0 Å². The van der Waals surface area contributed by atoms with Crippen LogP contribution in [0, 0.1) is 0 Å². The Morgan fingerprint density at radius 3 is 2.46 bits per heavy atom. The highest BCUT2D eigenvalue weighted by atomic mass is 19.4. The van der Waals surface area contributed by atoms with E-state index in [1.807, 2.05) is 0 Å².